The van der Waals surface area contributed by atoms with Crippen molar-refractivity contribution in [1.29, 1.82) is 0 Å². The molecule has 0 saturated carbocycles. The predicted molar refractivity (Wildman–Crippen MR) is 89.1 cm³/mol. The van der Waals surface area contributed by atoms with Gasteiger partial charge in [-0.3, -0.25) is 0 Å². The van der Waals surface area contributed by atoms with E-state index in [1.54, 1.807) is 48.5 Å². The topological polar surface area (TPSA) is 41.1 Å². The predicted octanol–water partition coefficient (Wildman–Crippen LogP) is 5.45. The van der Waals surface area contributed by atoms with Gasteiger partial charge >= 0.3 is 12.2 Å². The molecule has 0 aliphatic rings. The summed E-state index contributed by atoms with van der Waals surface area (Å²) in [6.45, 7) is 0.356. The molecule has 140 valence electrons. The van der Waals surface area contributed by atoms with Crippen molar-refractivity contribution >= 4 is 11.7 Å². The minimum absolute atomic E-state index is 0.110. The molecule has 0 aromatic heterocycles. The molecule has 0 aliphatic carbocycles. The van der Waals surface area contributed by atoms with Crippen LogP contribution in [0.25, 0.3) is 11.1 Å². The molecule has 0 radical (unpaired) electrons. The van der Waals surface area contributed by atoms with E-state index in [2.05, 4.69) is 5.32 Å². The quantitative estimate of drug-likeness (QED) is 0.689. The van der Waals surface area contributed by atoms with Gasteiger partial charge in [0.05, 0.1) is 5.69 Å². The number of amides is 2. The van der Waals surface area contributed by atoms with E-state index in [0.717, 1.165) is 0 Å². The minimum Gasteiger partial charge on any atom is -0.319 e. The Morgan fingerprint density at radius 3 is 1.92 bits per heavy atom. The summed E-state index contributed by atoms with van der Waals surface area (Å²) in [6, 6.07) is 13.8. The largest absolute Gasteiger partial charge is 0.417 e. The van der Waals surface area contributed by atoms with Crippen molar-refractivity contribution in [3.05, 3.63) is 54.6 Å². The zero-order chi connectivity index (χ0) is 19.6. The highest BCUT2D eigenvalue weighted by atomic mass is 19.4. The molecule has 0 aliphatic heterocycles. The van der Waals surface area contributed by atoms with Crippen molar-refractivity contribution in [1.82, 2.24) is 5.32 Å². The highest BCUT2D eigenvalue weighted by Crippen LogP contribution is 2.41. The number of alkyl halides is 5. The molecule has 8 heteroatoms. The van der Waals surface area contributed by atoms with Crippen LogP contribution < -0.4 is 10.6 Å². The van der Waals surface area contributed by atoms with Gasteiger partial charge in [-0.25, -0.2) is 13.6 Å². The number of para-hydroxylation sites is 1. The van der Waals surface area contributed by atoms with Crippen LogP contribution in [0.4, 0.5) is 32.4 Å². The summed E-state index contributed by atoms with van der Waals surface area (Å²) in [6.07, 6.45) is -5.35. The first kappa shape index (κ1) is 19.7. The Bertz CT molecular complexity index is 755. The normalized spacial score (nSPS) is 14.4. The van der Waals surface area contributed by atoms with E-state index in [0.29, 0.717) is 11.1 Å². The average molecular weight is 372 g/mol. The number of rotatable bonds is 4. The molecule has 0 spiro atoms. The maximum absolute atomic E-state index is 13.5. The monoisotopic (exact) mass is 372 g/mol. The summed E-state index contributed by atoms with van der Waals surface area (Å²) in [7, 11) is 0. The van der Waals surface area contributed by atoms with Gasteiger partial charge in [-0.05, 0) is 18.6 Å². The first-order chi connectivity index (χ1) is 12.0. The molecular weight excluding hydrogens is 355 g/mol. The van der Waals surface area contributed by atoms with Crippen molar-refractivity contribution in [2.24, 2.45) is 0 Å². The second kappa shape index (κ2) is 6.93. The molecule has 2 aromatic carbocycles. The number of halogens is 5. The zero-order valence-electron chi connectivity index (χ0n) is 14.0. The molecule has 2 aromatic rings. The Hall–Kier alpha value is -2.64. The molecule has 3 nitrogen and oxygen atoms in total. The molecule has 1 atom stereocenters. The zero-order valence-corrected chi connectivity index (χ0v) is 14.0. The molecule has 2 N–H and O–H groups in total. The highest BCUT2D eigenvalue weighted by Gasteiger charge is 2.65. The van der Waals surface area contributed by atoms with Gasteiger partial charge < -0.3 is 10.6 Å². The number of carbonyl (C=O) groups is 1. The number of urea groups is 1. The van der Waals surface area contributed by atoms with Gasteiger partial charge in [0.15, 0.2) is 5.54 Å². The summed E-state index contributed by atoms with van der Waals surface area (Å²) in [5.74, 6) is -4.22. The van der Waals surface area contributed by atoms with E-state index in [-0.39, 0.29) is 19.5 Å². The highest BCUT2D eigenvalue weighted by molar-refractivity contribution is 5.94. The van der Waals surface area contributed by atoms with E-state index in [9.17, 15) is 26.7 Å². The molecule has 26 heavy (non-hydrogen) atoms. The molecule has 1 unspecified atom stereocenters. The molecule has 0 saturated heterocycles. The fourth-order valence-corrected chi connectivity index (χ4v) is 2.27. The van der Waals surface area contributed by atoms with Gasteiger partial charge in [-0.2, -0.15) is 13.2 Å². The summed E-state index contributed by atoms with van der Waals surface area (Å²) < 4.78 is 66.5. The SMILES string of the molecule is CC(F)(F)C(C)(NC(=O)Nc1ccccc1-c1ccccc1)C(F)(F)F. The van der Waals surface area contributed by atoms with Gasteiger partial charge in [0.2, 0.25) is 0 Å². The van der Waals surface area contributed by atoms with E-state index in [1.807, 2.05) is 0 Å². The standard InChI is InChI=1S/C18H17F5N2O/c1-16(17(2,19)20,18(21,22)23)25-15(26)24-14-11-7-6-10-13(14)12-8-4-3-5-9-12/h3-11H,1-2H3,(H2,24,25,26). The number of carbonyl (C=O) groups excluding carboxylic acids is 1. The van der Waals surface area contributed by atoms with Crippen LogP contribution in [0.1, 0.15) is 13.8 Å². The molecule has 2 amide bonds. The second-order valence-electron chi connectivity index (χ2n) is 6.00. The summed E-state index contributed by atoms with van der Waals surface area (Å²) >= 11 is 0. The third-order valence-electron chi connectivity index (χ3n) is 4.07. The summed E-state index contributed by atoms with van der Waals surface area (Å²) in [5, 5.41) is 3.60. The van der Waals surface area contributed by atoms with E-state index < -0.39 is 23.7 Å². The Labute approximate surface area is 147 Å². The number of benzene rings is 2. The van der Waals surface area contributed by atoms with Gasteiger partial charge in [0.1, 0.15) is 0 Å². The second-order valence-corrected chi connectivity index (χ2v) is 6.00. The van der Waals surface area contributed by atoms with Crippen molar-refractivity contribution in [2.45, 2.75) is 31.5 Å². The molecule has 0 heterocycles. The van der Waals surface area contributed by atoms with E-state index >= 15 is 0 Å². The van der Waals surface area contributed by atoms with Crippen LogP contribution in [0.15, 0.2) is 54.6 Å². The number of nitrogens with one attached hydrogen (secondary N) is 2. The van der Waals surface area contributed by atoms with Crippen molar-refractivity contribution in [3.8, 4) is 11.1 Å². The maximum Gasteiger partial charge on any atom is 0.417 e. The van der Waals surface area contributed by atoms with E-state index in [1.165, 1.54) is 11.4 Å². The first-order valence-electron chi connectivity index (χ1n) is 7.64. The van der Waals surface area contributed by atoms with Gasteiger partial charge in [0, 0.05) is 12.5 Å². The third kappa shape index (κ3) is 3.95. The number of hydrogen-bond donors (Lipinski definition) is 2. The average Bonchev–Trinajstić information content (AvgIpc) is 2.54. The lowest BCUT2D eigenvalue weighted by Crippen LogP contribution is -2.66. The molecular formula is C18H17F5N2O. The van der Waals surface area contributed by atoms with Crippen molar-refractivity contribution < 1.29 is 26.7 Å². The molecule has 0 bridgehead atoms. The van der Waals surface area contributed by atoms with Gasteiger partial charge in [0.25, 0.3) is 5.92 Å². The van der Waals surface area contributed by atoms with Crippen LogP contribution in [0, 0.1) is 0 Å². The van der Waals surface area contributed by atoms with Crippen molar-refractivity contribution in [3.63, 3.8) is 0 Å². The van der Waals surface area contributed by atoms with E-state index in [4.69, 9.17) is 0 Å². The maximum atomic E-state index is 13.5. The molecule has 2 rings (SSSR count). The van der Waals surface area contributed by atoms with Crippen LogP contribution in [0.3, 0.4) is 0 Å². The lowest BCUT2D eigenvalue weighted by molar-refractivity contribution is -0.249. The fraction of sp³-hybridized carbons (Fsp3) is 0.278. The minimum atomic E-state index is -5.35. The Kier molecular flexibility index (Phi) is 5.25. The lowest BCUT2D eigenvalue weighted by atomic mass is 9.94. The summed E-state index contributed by atoms with van der Waals surface area (Å²) in [5.41, 5.74) is -2.27. The van der Waals surface area contributed by atoms with Crippen LogP contribution in [0.2, 0.25) is 0 Å². The summed E-state index contributed by atoms with van der Waals surface area (Å²) in [4.78, 5) is 12.0. The van der Waals surface area contributed by atoms with Gasteiger partial charge in [-0.1, -0.05) is 48.5 Å². The Morgan fingerprint density at radius 2 is 1.38 bits per heavy atom. The van der Waals surface area contributed by atoms with Crippen LogP contribution in [-0.2, 0) is 0 Å². The van der Waals surface area contributed by atoms with Crippen LogP contribution in [-0.4, -0.2) is 23.7 Å². The van der Waals surface area contributed by atoms with Gasteiger partial charge in [-0.15, -0.1) is 0 Å². The Morgan fingerprint density at radius 1 is 0.846 bits per heavy atom. The smallest absolute Gasteiger partial charge is 0.319 e. The number of anilines is 1. The number of hydrogen-bond acceptors (Lipinski definition) is 1. The fourth-order valence-electron chi connectivity index (χ4n) is 2.27. The third-order valence-corrected chi connectivity index (χ3v) is 4.07. The first-order valence-corrected chi connectivity index (χ1v) is 7.64. The Balaban J connectivity index is 2.29. The molecule has 0 fully saturated rings. The lowest BCUT2D eigenvalue weighted by Gasteiger charge is -2.37. The van der Waals surface area contributed by atoms with Crippen LogP contribution in [0.5, 0.6) is 0 Å². The van der Waals surface area contributed by atoms with Crippen molar-refractivity contribution in [2.75, 3.05) is 5.32 Å². The van der Waals surface area contributed by atoms with Crippen LogP contribution >= 0.6 is 0 Å².